The summed E-state index contributed by atoms with van der Waals surface area (Å²) in [6, 6.07) is 0. The van der Waals surface area contributed by atoms with Crippen LogP contribution < -0.4 is 10.6 Å². The van der Waals surface area contributed by atoms with Crippen molar-refractivity contribution in [2.75, 3.05) is 11.9 Å². The van der Waals surface area contributed by atoms with Crippen LogP contribution in [-0.2, 0) is 17.6 Å². The van der Waals surface area contributed by atoms with E-state index in [0.29, 0.717) is 12.3 Å². The fraction of sp³-hybridized carbons (Fsp3) is 0.647. The highest BCUT2D eigenvalue weighted by Gasteiger charge is 2.28. The molecule has 0 unspecified atom stereocenters. The van der Waals surface area contributed by atoms with Gasteiger partial charge in [0.05, 0.1) is 5.56 Å². The van der Waals surface area contributed by atoms with Crippen molar-refractivity contribution in [1.82, 2.24) is 5.32 Å². The third-order valence-electron chi connectivity index (χ3n) is 4.38. The lowest BCUT2D eigenvalue weighted by molar-refractivity contribution is -0.116. The zero-order valence-corrected chi connectivity index (χ0v) is 14.0. The van der Waals surface area contributed by atoms with E-state index in [1.165, 1.54) is 29.7 Å². The van der Waals surface area contributed by atoms with Crippen molar-refractivity contribution in [3.05, 3.63) is 16.0 Å². The Kier molecular flexibility index (Phi) is 4.81. The molecule has 22 heavy (non-hydrogen) atoms. The Bertz CT molecular complexity index is 575. The number of carbonyl (C=O) groups excluding carboxylic acids is 2. The number of nitrogens with one attached hydrogen (secondary N) is 2. The van der Waals surface area contributed by atoms with E-state index >= 15 is 0 Å². The van der Waals surface area contributed by atoms with Crippen molar-refractivity contribution in [2.24, 2.45) is 5.92 Å². The van der Waals surface area contributed by atoms with Crippen LogP contribution in [0.5, 0.6) is 0 Å². The molecule has 0 bridgehead atoms. The van der Waals surface area contributed by atoms with Crippen LogP contribution in [0.3, 0.4) is 0 Å². The Morgan fingerprint density at radius 1 is 1.23 bits per heavy atom. The molecule has 1 saturated carbocycles. The highest BCUT2D eigenvalue weighted by molar-refractivity contribution is 7.17. The van der Waals surface area contributed by atoms with Gasteiger partial charge in [0.2, 0.25) is 5.91 Å². The van der Waals surface area contributed by atoms with Crippen molar-refractivity contribution in [1.29, 1.82) is 0 Å². The predicted octanol–water partition coefficient (Wildman–Crippen LogP) is 3.51. The van der Waals surface area contributed by atoms with Crippen molar-refractivity contribution >= 4 is 28.2 Å². The number of hydrogen-bond donors (Lipinski definition) is 2. The van der Waals surface area contributed by atoms with Crippen LogP contribution in [0, 0.1) is 5.92 Å². The maximum absolute atomic E-state index is 12.6. The monoisotopic (exact) mass is 320 g/mol. The van der Waals surface area contributed by atoms with E-state index in [2.05, 4.69) is 10.6 Å². The quantitative estimate of drug-likeness (QED) is 0.843. The third-order valence-corrected chi connectivity index (χ3v) is 5.58. The first-order valence-corrected chi connectivity index (χ1v) is 9.23. The summed E-state index contributed by atoms with van der Waals surface area (Å²) in [6.45, 7) is 2.76. The molecule has 120 valence electrons. The van der Waals surface area contributed by atoms with Gasteiger partial charge in [-0.05, 0) is 56.4 Å². The minimum absolute atomic E-state index is 0.00176. The van der Waals surface area contributed by atoms with Crippen molar-refractivity contribution < 1.29 is 9.59 Å². The number of fused-ring (bicyclic) bond motifs is 1. The lowest BCUT2D eigenvalue weighted by Gasteiger charge is -2.13. The average molecular weight is 320 g/mol. The van der Waals surface area contributed by atoms with Crippen LogP contribution in [0.4, 0.5) is 5.00 Å². The second-order valence-electron chi connectivity index (χ2n) is 6.37. The van der Waals surface area contributed by atoms with Gasteiger partial charge in [-0.15, -0.1) is 11.3 Å². The SMILES string of the molecule is CCCC(=O)Nc1sc2c(c1C(=O)NCC1CC1)CCCC2. The van der Waals surface area contributed by atoms with Gasteiger partial charge in [-0.3, -0.25) is 9.59 Å². The summed E-state index contributed by atoms with van der Waals surface area (Å²) < 4.78 is 0. The maximum Gasteiger partial charge on any atom is 0.254 e. The second-order valence-corrected chi connectivity index (χ2v) is 7.47. The van der Waals surface area contributed by atoms with Crippen LogP contribution in [0.25, 0.3) is 0 Å². The first-order valence-electron chi connectivity index (χ1n) is 8.41. The standard InChI is InChI=1S/C17H24N2O2S/c1-2-5-14(20)19-17-15(16(21)18-10-11-8-9-11)12-6-3-4-7-13(12)22-17/h11H,2-10H2,1H3,(H,18,21)(H,19,20). The van der Waals surface area contributed by atoms with Gasteiger partial charge in [-0.2, -0.15) is 0 Å². The van der Waals surface area contributed by atoms with Gasteiger partial charge >= 0.3 is 0 Å². The summed E-state index contributed by atoms with van der Waals surface area (Å²) in [6.07, 6.45) is 8.08. The van der Waals surface area contributed by atoms with Crippen LogP contribution >= 0.6 is 11.3 Å². The molecule has 2 N–H and O–H groups in total. The summed E-state index contributed by atoms with van der Waals surface area (Å²) in [4.78, 5) is 25.8. The third kappa shape index (κ3) is 3.51. The van der Waals surface area contributed by atoms with E-state index in [4.69, 9.17) is 0 Å². The van der Waals surface area contributed by atoms with E-state index in [-0.39, 0.29) is 11.8 Å². The Labute approximate surface area is 135 Å². The molecule has 1 heterocycles. The molecule has 0 atom stereocenters. The van der Waals surface area contributed by atoms with E-state index in [0.717, 1.165) is 42.8 Å². The number of hydrogen-bond acceptors (Lipinski definition) is 3. The molecule has 0 radical (unpaired) electrons. The van der Waals surface area contributed by atoms with Crippen molar-refractivity contribution in [3.63, 3.8) is 0 Å². The number of aryl methyl sites for hydroxylation is 1. The van der Waals surface area contributed by atoms with Crippen molar-refractivity contribution in [2.45, 2.75) is 58.3 Å². The summed E-state index contributed by atoms with van der Waals surface area (Å²) in [7, 11) is 0. The molecule has 2 aliphatic rings. The summed E-state index contributed by atoms with van der Waals surface area (Å²) in [5.41, 5.74) is 1.92. The lowest BCUT2D eigenvalue weighted by atomic mass is 9.95. The summed E-state index contributed by atoms with van der Waals surface area (Å²) >= 11 is 1.60. The fourth-order valence-electron chi connectivity index (χ4n) is 2.96. The van der Waals surface area contributed by atoms with Gasteiger partial charge in [0, 0.05) is 17.8 Å². The average Bonchev–Trinajstić information content (AvgIpc) is 3.25. The molecule has 0 spiro atoms. The molecular weight excluding hydrogens is 296 g/mol. The smallest absolute Gasteiger partial charge is 0.254 e. The van der Waals surface area contributed by atoms with Crippen LogP contribution in [0.2, 0.25) is 0 Å². The van der Waals surface area contributed by atoms with E-state index in [1.807, 2.05) is 6.92 Å². The van der Waals surface area contributed by atoms with Crippen molar-refractivity contribution in [3.8, 4) is 0 Å². The van der Waals surface area contributed by atoms with Gasteiger partial charge in [0.15, 0.2) is 0 Å². The van der Waals surface area contributed by atoms with E-state index in [1.54, 1.807) is 11.3 Å². The molecule has 2 amide bonds. The summed E-state index contributed by atoms with van der Waals surface area (Å²) in [5, 5.41) is 6.79. The predicted molar refractivity (Wildman–Crippen MR) is 89.6 cm³/mol. The zero-order valence-electron chi connectivity index (χ0n) is 13.2. The number of amides is 2. The minimum Gasteiger partial charge on any atom is -0.352 e. The van der Waals surface area contributed by atoms with Gasteiger partial charge in [-0.25, -0.2) is 0 Å². The van der Waals surface area contributed by atoms with Crippen LogP contribution in [0.1, 0.15) is 66.2 Å². The molecule has 2 aliphatic carbocycles. The highest BCUT2D eigenvalue weighted by atomic mass is 32.1. The highest BCUT2D eigenvalue weighted by Crippen LogP contribution is 2.38. The molecule has 0 saturated heterocycles. The molecule has 0 aromatic carbocycles. The minimum atomic E-state index is -0.00176. The van der Waals surface area contributed by atoms with Gasteiger partial charge in [-0.1, -0.05) is 6.92 Å². The largest absolute Gasteiger partial charge is 0.352 e. The normalized spacial score (nSPS) is 17.0. The second kappa shape index (κ2) is 6.82. The van der Waals surface area contributed by atoms with E-state index in [9.17, 15) is 9.59 Å². The summed E-state index contributed by atoms with van der Waals surface area (Å²) in [5.74, 6) is 0.673. The topological polar surface area (TPSA) is 58.2 Å². The first kappa shape index (κ1) is 15.5. The van der Waals surface area contributed by atoms with Gasteiger partial charge in [0.25, 0.3) is 5.91 Å². The number of anilines is 1. The Morgan fingerprint density at radius 2 is 2.00 bits per heavy atom. The molecule has 1 aromatic rings. The Hall–Kier alpha value is -1.36. The maximum atomic E-state index is 12.6. The fourth-order valence-corrected chi connectivity index (χ4v) is 4.26. The number of carbonyl (C=O) groups is 2. The van der Waals surface area contributed by atoms with Gasteiger partial charge in [0.1, 0.15) is 5.00 Å². The van der Waals surface area contributed by atoms with E-state index < -0.39 is 0 Å². The molecule has 3 rings (SSSR count). The zero-order chi connectivity index (χ0) is 15.5. The first-order chi connectivity index (χ1) is 10.7. The molecule has 5 heteroatoms. The van der Waals surface area contributed by atoms with Crippen LogP contribution in [-0.4, -0.2) is 18.4 Å². The molecule has 1 fully saturated rings. The molecule has 0 aliphatic heterocycles. The van der Waals surface area contributed by atoms with Crippen LogP contribution in [0.15, 0.2) is 0 Å². The Balaban J connectivity index is 1.81. The molecular formula is C17H24N2O2S. The Morgan fingerprint density at radius 3 is 2.73 bits per heavy atom. The molecule has 1 aromatic heterocycles. The van der Waals surface area contributed by atoms with Gasteiger partial charge < -0.3 is 10.6 Å². The lowest BCUT2D eigenvalue weighted by Crippen LogP contribution is -2.27. The molecule has 4 nitrogen and oxygen atoms in total. The number of rotatable bonds is 6. The number of thiophene rings is 1.